The summed E-state index contributed by atoms with van der Waals surface area (Å²) < 4.78 is 0. The van der Waals surface area contributed by atoms with Crippen molar-refractivity contribution in [2.45, 2.75) is 117 Å². The number of carbonyl (C=O) groups excluding carboxylic acids is 1. The fourth-order valence-corrected chi connectivity index (χ4v) is 4.43. The Kier molecular flexibility index (Phi) is 11.1. The summed E-state index contributed by atoms with van der Waals surface area (Å²) in [7, 11) is 0. The van der Waals surface area contributed by atoms with Crippen molar-refractivity contribution in [3.05, 3.63) is 0 Å². The molecule has 0 heterocycles. The van der Waals surface area contributed by atoms with Crippen LogP contribution in [0.25, 0.3) is 0 Å². The lowest BCUT2D eigenvalue weighted by molar-refractivity contribution is -0.151. The second-order valence-electron chi connectivity index (χ2n) is 8.11. The number of carboxylic acids is 1. The standard InChI is InChI=1S/C22H40O3/c1-3-5-7-11-15-19(21(24)25)20(23)22(16-12-8-6-4-2)17-13-9-10-14-18-22/h19H,3-18H2,1-2H3,(H,24,25). The van der Waals surface area contributed by atoms with E-state index in [1.54, 1.807) is 0 Å². The summed E-state index contributed by atoms with van der Waals surface area (Å²) in [6.07, 6.45) is 16.6. The Balaban J connectivity index is 2.80. The van der Waals surface area contributed by atoms with E-state index in [4.69, 9.17) is 0 Å². The molecule has 0 amide bonds. The van der Waals surface area contributed by atoms with Crippen molar-refractivity contribution in [3.8, 4) is 0 Å². The predicted molar refractivity (Wildman–Crippen MR) is 104 cm³/mol. The number of Topliss-reactive ketones (excluding diaryl/α,β-unsaturated/α-hetero) is 1. The summed E-state index contributed by atoms with van der Waals surface area (Å²) in [5.41, 5.74) is -0.349. The van der Waals surface area contributed by atoms with Gasteiger partial charge in [-0.2, -0.15) is 0 Å². The van der Waals surface area contributed by atoms with Gasteiger partial charge in [-0.05, 0) is 25.7 Å². The lowest BCUT2D eigenvalue weighted by atomic mass is 9.68. The molecule has 0 aromatic carbocycles. The summed E-state index contributed by atoms with van der Waals surface area (Å²) in [6.45, 7) is 4.35. The SMILES string of the molecule is CCCCCCC(C(=O)O)C(=O)C1(CCCCCC)CCCCCC1. The second kappa shape index (κ2) is 12.5. The van der Waals surface area contributed by atoms with Crippen LogP contribution in [0.15, 0.2) is 0 Å². The maximum Gasteiger partial charge on any atom is 0.314 e. The van der Waals surface area contributed by atoms with Crippen LogP contribution < -0.4 is 0 Å². The molecular formula is C22H40O3. The highest BCUT2D eigenvalue weighted by atomic mass is 16.4. The van der Waals surface area contributed by atoms with Crippen LogP contribution in [0.3, 0.4) is 0 Å². The Hall–Kier alpha value is -0.860. The Labute approximate surface area is 155 Å². The van der Waals surface area contributed by atoms with Gasteiger partial charge in [0.15, 0.2) is 5.78 Å². The molecule has 1 unspecified atom stereocenters. The van der Waals surface area contributed by atoms with Gasteiger partial charge in [0, 0.05) is 5.41 Å². The second-order valence-corrected chi connectivity index (χ2v) is 8.11. The number of unbranched alkanes of at least 4 members (excludes halogenated alkanes) is 6. The molecule has 1 fully saturated rings. The van der Waals surface area contributed by atoms with Crippen LogP contribution in [0.2, 0.25) is 0 Å². The van der Waals surface area contributed by atoms with Crippen molar-refractivity contribution in [2.24, 2.45) is 11.3 Å². The molecule has 0 bridgehead atoms. The third-order valence-electron chi connectivity index (χ3n) is 6.05. The van der Waals surface area contributed by atoms with Crippen molar-refractivity contribution in [1.82, 2.24) is 0 Å². The third kappa shape index (κ3) is 7.50. The Morgan fingerprint density at radius 1 is 0.840 bits per heavy atom. The highest BCUT2D eigenvalue weighted by Crippen LogP contribution is 2.43. The Morgan fingerprint density at radius 3 is 1.92 bits per heavy atom. The van der Waals surface area contributed by atoms with Gasteiger partial charge < -0.3 is 5.11 Å². The summed E-state index contributed by atoms with van der Waals surface area (Å²) in [5, 5.41) is 9.70. The predicted octanol–water partition coefficient (Wildman–Crippen LogP) is 6.54. The van der Waals surface area contributed by atoms with Crippen LogP contribution in [0.5, 0.6) is 0 Å². The van der Waals surface area contributed by atoms with Crippen molar-refractivity contribution >= 4 is 11.8 Å². The van der Waals surface area contributed by atoms with Gasteiger partial charge in [-0.15, -0.1) is 0 Å². The summed E-state index contributed by atoms with van der Waals surface area (Å²) in [6, 6.07) is 0. The van der Waals surface area contributed by atoms with Crippen LogP contribution in [0.4, 0.5) is 0 Å². The summed E-state index contributed by atoms with van der Waals surface area (Å²) in [4.78, 5) is 25.2. The lowest BCUT2D eigenvalue weighted by Gasteiger charge is -2.34. The molecule has 1 aliphatic rings. The minimum atomic E-state index is -0.890. The van der Waals surface area contributed by atoms with Gasteiger partial charge in [0.25, 0.3) is 0 Å². The lowest BCUT2D eigenvalue weighted by Crippen LogP contribution is -2.39. The van der Waals surface area contributed by atoms with Gasteiger partial charge in [0.05, 0.1) is 0 Å². The molecule has 1 rings (SSSR count). The van der Waals surface area contributed by atoms with Gasteiger partial charge in [-0.25, -0.2) is 0 Å². The average molecular weight is 353 g/mol. The van der Waals surface area contributed by atoms with E-state index in [1.165, 1.54) is 32.1 Å². The fraction of sp³-hybridized carbons (Fsp3) is 0.909. The monoisotopic (exact) mass is 352 g/mol. The molecular weight excluding hydrogens is 312 g/mol. The molecule has 3 heteroatoms. The molecule has 1 N–H and O–H groups in total. The van der Waals surface area contributed by atoms with Crippen LogP contribution in [0, 0.1) is 11.3 Å². The number of aliphatic carboxylic acids is 1. The average Bonchev–Trinajstić information content (AvgIpc) is 2.84. The first kappa shape index (κ1) is 22.2. The molecule has 146 valence electrons. The van der Waals surface area contributed by atoms with Gasteiger partial charge in [0.2, 0.25) is 0 Å². The van der Waals surface area contributed by atoms with E-state index in [-0.39, 0.29) is 11.2 Å². The summed E-state index contributed by atoms with van der Waals surface area (Å²) >= 11 is 0. The molecule has 1 saturated carbocycles. The number of hydrogen-bond donors (Lipinski definition) is 1. The zero-order valence-electron chi connectivity index (χ0n) is 16.7. The molecule has 0 aliphatic heterocycles. The van der Waals surface area contributed by atoms with Crippen molar-refractivity contribution < 1.29 is 14.7 Å². The van der Waals surface area contributed by atoms with Crippen molar-refractivity contribution in [3.63, 3.8) is 0 Å². The van der Waals surface area contributed by atoms with Gasteiger partial charge in [-0.3, -0.25) is 9.59 Å². The van der Waals surface area contributed by atoms with E-state index in [0.717, 1.165) is 64.2 Å². The van der Waals surface area contributed by atoms with Crippen LogP contribution >= 0.6 is 0 Å². The fourth-order valence-electron chi connectivity index (χ4n) is 4.43. The Bertz CT molecular complexity index is 381. The van der Waals surface area contributed by atoms with Gasteiger partial charge in [0.1, 0.15) is 5.92 Å². The molecule has 0 radical (unpaired) electrons. The smallest absolute Gasteiger partial charge is 0.314 e. The molecule has 25 heavy (non-hydrogen) atoms. The van der Waals surface area contributed by atoms with E-state index in [9.17, 15) is 14.7 Å². The molecule has 0 saturated heterocycles. The molecule has 3 nitrogen and oxygen atoms in total. The quantitative estimate of drug-likeness (QED) is 0.233. The number of ketones is 1. The first-order chi connectivity index (χ1) is 12.1. The molecule has 1 aliphatic carbocycles. The molecule has 0 aromatic heterocycles. The number of carboxylic acid groups (broad SMARTS) is 1. The van der Waals surface area contributed by atoms with E-state index in [1.807, 2.05) is 0 Å². The van der Waals surface area contributed by atoms with Crippen LogP contribution in [-0.2, 0) is 9.59 Å². The number of hydrogen-bond acceptors (Lipinski definition) is 2. The zero-order chi connectivity index (χ0) is 18.5. The van der Waals surface area contributed by atoms with Crippen molar-refractivity contribution in [2.75, 3.05) is 0 Å². The van der Waals surface area contributed by atoms with Gasteiger partial charge >= 0.3 is 5.97 Å². The van der Waals surface area contributed by atoms with Gasteiger partial charge in [-0.1, -0.05) is 90.9 Å². The highest BCUT2D eigenvalue weighted by molar-refractivity contribution is 6.01. The van der Waals surface area contributed by atoms with E-state index < -0.39 is 11.9 Å². The molecule has 0 spiro atoms. The minimum Gasteiger partial charge on any atom is -0.481 e. The van der Waals surface area contributed by atoms with E-state index in [2.05, 4.69) is 13.8 Å². The normalized spacial score (nSPS) is 18.5. The third-order valence-corrected chi connectivity index (χ3v) is 6.05. The minimum absolute atomic E-state index is 0.0647. The maximum absolute atomic E-state index is 13.4. The number of rotatable bonds is 13. The molecule has 1 atom stereocenters. The van der Waals surface area contributed by atoms with Crippen LogP contribution in [-0.4, -0.2) is 16.9 Å². The Morgan fingerprint density at radius 2 is 1.40 bits per heavy atom. The van der Waals surface area contributed by atoms with E-state index >= 15 is 0 Å². The first-order valence-electron chi connectivity index (χ1n) is 10.8. The largest absolute Gasteiger partial charge is 0.481 e. The van der Waals surface area contributed by atoms with Crippen LogP contribution in [0.1, 0.15) is 117 Å². The topological polar surface area (TPSA) is 54.4 Å². The first-order valence-corrected chi connectivity index (χ1v) is 10.8. The highest BCUT2D eigenvalue weighted by Gasteiger charge is 2.43. The molecule has 0 aromatic rings. The maximum atomic E-state index is 13.4. The zero-order valence-corrected chi connectivity index (χ0v) is 16.7. The summed E-state index contributed by atoms with van der Waals surface area (Å²) in [5.74, 6) is -1.60. The number of carbonyl (C=O) groups is 2. The van der Waals surface area contributed by atoms with Crippen molar-refractivity contribution in [1.29, 1.82) is 0 Å². The van der Waals surface area contributed by atoms with E-state index in [0.29, 0.717) is 6.42 Å².